The van der Waals surface area contributed by atoms with Crippen molar-refractivity contribution in [1.29, 1.82) is 0 Å². The molecule has 0 aliphatic rings. The molecule has 1 heterocycles. The van der Waals surface area contributed by atoms with Crippen LogP contribution in [-0.2, 0) is 13.6 Å². The zero-order valence-corrected chi connectivity index (χ0v) is 11.0. The van der Waals surface area contributed by atoms with Gasteiger partial charge in [-0.05, 0) is 18.1 Å². The number of nitrogens with zero attached hydrogens (tertiary/aromatic N) is 2. The predicted molar refractivity (Wildman–Crippen MR) is 73.0 cm³/mol. The molecule has 2 aromatic rings. The van der Waals surface area contributed by atoms with Gasteiger partial charge in [-0.3, -0.25) is 4.79 Å². The summed E-state index contributed by atoms with van der Waals surface area (Å²) >= 11 is 5.97. The van der Waals surface area contributed by atoms with E-state index in [0.29, 0.717) is 12.2 Å². The molecular weight excluding hydrogens is 250 g/mol. The average molecular weight is 264 g/mol. The molecule has 0 aliphatic carbocycles. The zero-order valence-electron chi connectivity index (χ0n) is 10.3. The van der Waals surface area contributed by atoms with Crippen LogP contribution in [0.25, 0.3) is 0 Å². The molecule has 1 N–H and O–H groups in total. The van der Waals surface area contributed by atoms with Gasteiger partial charge in [-0.25, -0.2) is 4.68 Å². The Balaban J connectivity index is 2.19. The van der Waals surface area contributed by atoms with Crippen LogP contribution in [0.15, 0.2) is 35.3 Å². The molecule has 1 aromatic heterocycles. The van der Waals surface area contributed by atoms with Gasteiger partial charge in [0.1, 0.15) is 5.02 Å². The van der Waals surface area contributed by atoms with Crippen LogP contribution < -0.4 is 10.9 Å². The van der Waals surface area contributed by atoms with Crippen LogP contribution in [0.1, 0.15) is 11.1 Å². The van der Waals surface area contributed by atoms with E-state index < -0.39 is 0 Å². The number of rotatable bonds is 3. The van der Waals surface area contributed by atoms with E-state index in [0.717, 1.165) is 5.56 Å². The first kappa shape index (κ1) is 12.6. The topological polar surface area (TPSA) is 46.9 Å². The van der Waals surface area contributed by atoms with E-state index in [4.69, 9.17) is 11.6 Å². The van der Waals surface area contributed by atoms with E-state index in [1.807, 2.05) is 31.2 Å². The van der Waals surface area contributed by atoms with Crippen molar-refractivity contribution in [2.75, 3.05) is 5.32 Å². The maximum Gasteiger partial charge on any atom is 0.287 e. The molecule has 2 rings (SSSR count). The number of aromatic nitrogens is 2. The lowest BCUT2D eigenvalue weighted by atomic mass is 10.1. The second-order valence-electron chi connectivity index (χ2n) is 4.08. The van der Waals surface area contributed by atoms with Gasteiger partial charge in [0.05, 0.1) is 11.9 Å². The molecule has 5 heteroatoms. The van der Waals surface area contributed by atoms with Crippen LogP contribution in [0.4, 0.5) is 5.69 Å². The number of halogens is 1. The van der Waals surface area contributed by atoms with E-state index in [1.165, 1.54) is 10.2 Å². The first-order chi connectivity index (χ1) is 8.59. The lowest BCUT2D eigenvalue weighted by Gasteiger charge is -2.10. The van der Waals surface area contributed by atoms with Gasteiger partial charge in [-0.1, -0.05) is 35.9 Å². The third-order valence-corrected chi connectivity index (χ3v) is 3.17. The van der Waals surface area contributed by atoms with Crippen molar-refractivity contribution in [2.24, 2.45) is 7.05 Å². The fourth-order valence-electron chi connectivity index (χ4n) is 1.63. The first-order valence-corrected chi connectivity index (χ1v) is 5.97. The molecule has 0 fully saturated rings. The maximum atomic E-state index is 11.6. The number of anilines is 1. The number of aryl methyl sites for hydroxylation is 2. The Morgan fingerprint density at radius 1 is 1.39 bits per heavy atom. The highest BCUT2D eigenvalue weighted by Crippen LogP contribution is 2.17. The molecule has 0 spiro atoms. The zero-order chi connectivity index (χ0) is 13.1. The lowest BCUT2D eigenvalue weighted by Crippen LogP contribution is -2.21. The van der Waals surface area contributed by atoms with E-state index in [9.17, 15) is 4.79 Å². The van der Waals surface area contributed by atoms with Gasteiger partial charge in [-0.15, -0.1) is 0 Å². The first-order valence-electron chi connectivity index (χ1n) is 5.60. The van der Waals surface area contributed by atoms with Crippen molar-refractivity contribution in [1.82, 2.24) is 9.78 Å². The summed E-state index contributed by atoms with van der Waals surface area (Å²) in [6.45, 7) is 2.65. The van der Waals surface area contributed by atoms with Gasteiger partial charge in [0.2, 0.25) is 0 Å². The smallest absolute Gasteiger partial charge is 0.287 e. The van der Waals surface area contributed by atoms with Crippen molar-refractivity contribution in [3.8, 4) is 0 Å². The van der Waals surface area contributed by atoms with E-state index in [-0.39, 0.29) is 10.6 Å². The fourth-order valence-corrected chi connectivity index (χ4v) is 1.87. The average Bonchev–Trinajstić information content (AvgIpc) is 2.37. The summed E-state index contributed by atoms with van der Waals surface area (Å²) in [5.74, 6) is 0. The molecule has 1 aromatic carbocycles. The van der Waals surface area contributed by atoms with Gasteiger partial charge >= 0.3 is 0 Å². The summed E-state index contributed by atoms with van der Waals surface area (Å²) in [7, 11) is 1.57. The third kappa shape index (κ3) is 2.54. The van der Waals surface area contributed by atoms with Crippen LogP contribution in [-0.4, -0.2) is 9.78 Å². The molecule has 18 heavy (non-hydrogen) atoms. The van der Waals surface area contributed by atoms with Crippen LogP contribution >= 0.6 is 11.6 Å². The molecule has 0 aliphatic heterocycles. The van der Waals surface area contributed by atoms with Crippen molar-refractivity contribution in [3.05, 3.63) is 57.0 Å². The van der Waals surface area contributed by atoms with Crippen LogP contribution in [0.2, 0.25) is 5.02 Å². The Kier molecular flexibility index (Phi) is 3.67. The van der Waals surface area contributed by atoms with E-state index in [1.54, 1.807) is 13.2 Å². The SMILES string of the molecule is Cc1ccccc1CNc1cnn(C)c(=O)c1Cl. The highest BCUT2D eigenvalue weighted by Gasteiger charge is 2.07. The molecule has 0 atom stereocenters. The molecular formula is C13H14ClN3O. The second-order valence-corrected chi connectivity index (χ2v) is 4.46. The Labute approximate surface area is 110 Å². The van der Waals surface area contributed by atoms with Gasteiger partial charge in [0.15, 0.2) is 0 Å². The minimum atomic E-state index is -0.300. The Hall–Kier alpha value is -1.81. The monoisotopic (exact) mass is 263 g/mol. The van der Waals surface area contributed by atoms with E-state index >= 15 is 0 Å². The summed E-state index contributed by atoms with van der Waals surface area (Å²) < 4.78 is 1.21. The molecule has 0 amide bonds. The lowest BCUT2D eigenvalue weighted by molar-refractivity contribution is 0.708. The fraction of sp³-hybridized carbons (Fsp3) is 0.231. The molecule has 4 nitrogen and oxygen atoms in total. The van der Waals surface area contributed by atoms with Gasteiger partial charge < -0.3 is 5.32 Å². The Bertz CT molecular complexity index is 622. The Morgan fingerprint density at radius 2 is 2.11 bits per heavy atom. The van der Waals surface area contributed by atoms with Crippen molar-refractivity contribution < 1.29 is 0 Å². The summed E-state index contributed by atoms with van der Waals surface area (Å²) in [5.41, 5.74) is 2.61. The number of benzene rings is 1. The number of hydrogen-bond donors (Lipinski definition) is 1. The summed E-state index contributed by atoms with van der Waals surface area (Å²) in [5, 5.41) is 7.23. The molecule has 0 saturated heterocycles. The van der Waals surface area contributed by atoms with Gasteiger partial charge in [0, 0.05) is 13.6 Å². The van der Waals surface area contributed by atoms with Gasteiger partial charge in [-0.2, -0.15) is 5.10 Å². The second kappa shape index (κ2) is 5.23. The van der Waals surface area contributed by atoms with Crippen molar-refractivity contribution in [2.45, 2.75) is 13.5 Å². The summed E-state index contributed by atoms with van der Waals surface area (Å²) in [6, 6.07) is 8.05. The standard InChI is InChI=1S/C13H14ClN3O/c1-9-5-3-4-6-10(9)7-15-11-8-16-17(2)13(18)12(11)14/h3-6,8,15H,7H2,1-2H3. The number of hydrogen-bond acceptors (Lipinski definition) is 3. The van der Waals surface area contributed by atoms with E-state index in [2.05, 4.69) is 10.4 Å². The van der Waals surface area contributed by atoms with Crippen molar-refractivity contribution in [3.63, 3.8) is 0 Å². The molecule has 0 unspecified atom stereocenters. The van der Waals surface area contributed by atoms with Crippen LogP contribution in [0.5, 0.6) is 0 Å². The highest BCUT2D eigenvalue weighted by atomic mass is 35.5. The quantitative estimate of drug-likeness (QED) is 0.925. The molecule has 0 radical (unpaired) electrons. The highest BCUT2D eigenvalue weighted by molar-refractivity contribution is 6.32. The minimum absolute atomic E-state index is 0.168. The minimum Gasteiger partial charge on any atom is -0.378 e. The van der Waals surface area contributed by atoms with Gasteiger partial charge in [0.25, 0.3) is 5.56 Å². The third-order valence-electron chi connectivity index (χ3n) is 2.81. The molecule has 0 bridgehead atoms. The Morgan fingerprint density at radius 3 is 2.83 bits per heavy atom. The molecule has 94 valence electrons. The summed E-state index contributed by atoms with van der Waals surface area (Å²) in [6.07, 6.45) is 1.56. The normalized spacial score (nSPS) is 10.4. The van der Waals surface area contributed by atoms with Crippen molar-refractivity contribution >= 4 is 17.3 Å². The number of nitrogens with one attached hydrogen (secondary N) is 1. The summed E-state index contributed by atoms with van der Waals surface area (Å²) in [4.78, 5) is 11.6. The van der Waals surface area contributed by atoms with Crippen LogP contribution in [0.3, 0.4) is 0 Å². The largest absolute Gasteiger partial charge is 0.378 e. The predicted octanol–water partition coefficient (Wildman–Crippen LogP) is 2.35. The van der Waals surface area contributed by atoms with Crippen LogP contribution in [0, 0.1) is 6.92 Å². The maximum absolute atomic E-state index is 11.6. The molecule has 0 saturated carbocycles.